The number of rotatable bonds is 6. The van der Waals surface area contributed by atoms with Gasteiger partial charge in [-0.25, -0.2) is 4.90 Å². The molecule has 0 radical (unpaired) electrons. The number of fused-ring (bicyclic) bond motifs is 4. The summed E-state index contributed by atoms with van der Waals surface area (Å²) in [6.07, 6.45) is 0.0838. The third-order valence-corrected chi connectivity index (χ3v) is 6.94. The molecule has 4 N–H and O–H groups in total. The van der Waals surface area contributed by atoms with Crippen LogP contribution in [0.3, 0.4) is 0 Å². The molecule has 35 heavy (non-hydrogen) atoms. The second kappa shape index (κ2) is 7.87. The molecule has 2 aromatic carbocycles. The maximum atomic E-state index is 13.9. The maximum Gasteiger partial charge on any atom is 0.273 e. The van der Waals surface area contributed by atoms with Crippen LogP contribution in [0.1, 0.15) is 18.4 Å². The molecule has 0 aromatic heterocycles. The van der Waals surface area contributed by atoms with Crippen LogP contribution in [0.15, 0.2) is 42.5 Å². The zero-order valence-electron chi connectivity index (χ0n) is 18.5. The lowest BCUT2D eigenvalue weighted by Crippen LogP contribution is -2.53. The monoisotopic (exact) mass is 479 g/mol. The molecule has 3 aliphatic rings. The Balaban J connectivity index is 1.64. The fraction of sp³-hybridized carbons (Fsp3) is 0.304. The number of hydrogen-bond acceptors (Lipinski definition) is 8. The molecule has 1 spiro atoms. The largest absolute Gasteiger partial charge is 0.494 e. The van der Waals surface area contributed by atoms with Gasteiger partial charge in [0.1, 0.15) is 11.3 Å². The quantitative estimate of drug-likeness (QED) is 0.310. The molecule has 5 rings (SSSR count). The Bertz CT molecular complexity index is 1310. The molecule has 0 bridgehead atoms. The summed E-state index contributed by atoms with van der Waals surface area (Å²) in [5, 5.41) is 17.2. The second-order valence-corrected chi connectivity index (χ2v) is 8.69. The summed E-state index contributed by atoms with van der Waals surface area (Å²) in [7, 11) is 1.27. The number of carbonyl (C=O) groups is 4. The predicted octanol–water partition coefficient (Wildman–Crippen LogP) is 0.794. The van der Waals surface area contributed by atoms with Crippen LogP contribution in [0.2, 0.25) is 0 Å². The summed E-state index contributed by atoms with van der Waals surface area (Å²) in [6.45, 7) is 0. The Morgan fingerprint density at radius 2 is 1.94 bits per heavy atom. The topological polar surface area (TPSA) is 174 Å². The highest BCUT2D eigenvalue weighted by molar-refractivity contribution is 6.26. The lowest BCUT2D eigenvalue weighted by molar-refractivity contribution is -0.384. The van der Waals surface area contributed by atoms with Crippen molar-refractivity contribution in [1.29, 1.82) is 0 Å². The van der Waals surface area contributed by atoms with E-state index >= 15 is 0 Å². The fourth-order valence-electron chi connectivity index (χ4n) is 5.51. The van der Waals surface area contributed by atoms with E-state index in [1.807, 2.05) is 0 Å². The summed E-state index contributed by atoms with van der Waals surface area (Å²) in [4.78, 5) is 64.0. The van der Waals surface area contributed by atoms with E-state index in [1.54, 1.807) is 24.3 Å². The molecule has 2 saturated heterocycles. The first-order chi connectivity index (χ1) is 16.7. The molecule has 0 saturated carbocycles. The number of primary amides is 1. The van der Waals surface area contributed by atoms with Gasteiger partial charge in [-0.05, 0) is 18.6 Å². The van der Waals surface area contributed by atoms with Crippen molar-refractivity contribution in [2.24, 2.45) is 17.6 Å². The van der Waals surface area contributed by atoms with Crippen molar-refractivity contribution in [2.75, 3.05) is 17.3 Å². The summed E-state index contributed by atoms with van der Waals surface area (Å²) < 4.78 is 5.26. The maximum absolute atomic E-state index is 13.9. The molecule has 12 nitrogen and oxygen atoms in total. The lowest BCUT2D eigenvalue weighted by atomic mass is 9.76. The zero-order chi connectivity index (χ0) is 25.1. The SMILES string of the molecule is COc1cc([N+](=O)[O-])ccc1N1C(=O)[C@H]2[C@H](CCC(N)=O)N[C@@]3(C(=O)Nc4ccccc43)[C@@H]2C1=O. The standard InChI is InChI=1S/C23H21N5O7/c1-35-16-10-11(28(33)34)6-8-15(16)27-20(30)18-14(7-9-17(24)29)26-23(19(18)21(27)31)12-4-2-3-5-13(12)25-22(23)32/h2-6,8,10,14,18-19,26H,7,9H2,1H3,(H2,24,29)(H,25,32)/t14-,18-,19-,23+/m0/s1. The summed E-state index contributed by atoms with van der Waals surface area (Å²) in [5.41, 5.74) is 4.62. The number of non-ortho nitro benzene ring substituents is 1. The molecule has 4 amide bonds. The van der Waals surface area contributed by atoms with E-state index in [4.69, 9.17) is 10.5 Å². The van der Waals surface area contributed by atoms with Crippen LogP contribution in [0, 0.1) is 22.0 Å². The van der Waals surface area contributed by atoms with Crippen LogP contribution in [-0.4, -0.2) is 41.7 Å². The number of amides is 4. The molecule has 3 heterocycles. The summed E-state index contributed by atoms with van der Waals surface area (Å²) in [6, 6.07) is 9.75. The Morgan fingerprint density at radius 1 is 1.20 bits per heavy atom. The van der Waals surface area contributed by atoms with Crippen LogP contribution in [0.5, 0.6) is 5.75 Å². The van der Waals surface area contributed by atoms with Crippen LogP contribution < -0.4 is 26.0 Å². The number of nitrogens with zero attached hydrogens (tertiary/aromatic N) is 2. The van der Waals surface area contributed by atoms with Gasteiger partial charge in [-0.1, -0.05) is 18.2 Å². The van der Waals surface area contributed by atoms with Gasteiger partial charge in [0.05, 0.1) is 35.6 Å². The van der Waals surface area contributed by atoms with Crippen molar-refractivity contribution in [2.45, 2.75) is 24.4 Å². The zero-order valence-corrected chi connectivity index (χ0v) is 18.5. The minimum absolute atomic E-state index is 0.0344. The van der Waals surface area contributed by atoms with Crippen molar-refractivity contribution >= 4 is 40.7 Å². The van der Waals surface area contributed by atoms with Gasteiger partial charge in [-0.2, -0.15) is 0 Å². The molecule has 2 aromatic rings. The number of ether oxygens (including phenoxy) is 1. The minimum Gasteiger partial charge on any atom is -0.494 e. The number of imide groups is 1. The molecule has 2 fully saturated rings. The third-order valence-electron chi connectivity index (χ3n) is 6.94. The van der Waals surface area contributed by atoms with Gasteiger partial charge in [0.15, 0.2) is 0 Å². The van der Waals surface area contributed by atoms with Gasteiger partial charge in [-0.3, -0.25) is 34.6 Å². The highest BCUT2D eigenvalue weighted by atomic mass is 16.6. The molecular weight excluding hydrogens is 458 g/mol. The number of anilines is 2. The van der Waals surface area contributed by atoms with Crippen LogP contribution in [-0.2, 0) is 24.7 Å². The van der Waals surface area contributed by atoms with E-state index < -0.39 is 52.0 Å². The first kappa shape index (κ1) is 22.5. The average molecular weight is 479 g/mol. The lowest BCUT2D eigenvalue weighted by Gasteiger charge is -2.29. The highest BCUT2D eigenvalue weighted by Crippen LogP contribution is 2.54. The number of nitrogens with one attached hydrogen (secondary N) is 2. The van der Waals surface area contributed by atoms with E-state index in [9.17, 15) is 29.3 Å². The Hall–Kier alpha value is -4.32. The number of carbonyl (C=O) groups excluding carboxylic acids is 4. The minimum atomic E-state index is -1.53. The Labute approximate surface area is 198 Å². The van der Waals surface area contributed by atoms with E-state index in [0.717, 1.165) is 11.0 Å². The van der Waals surface area contributed by atoms with Gasteiger partial charge in [0, 0.05) is 29.8 Å². The predicted molar refractivity (Wildman–Crippen MR) is 121 cm³/mol. The molecule has 0 unspecified atom stereocenters. The summed E-state index contributed by atoms with van der Waals surface area (Å²) in [5.74, 6) is -4.42. The van der Waals surface area contributed by atoms with Crippen molar-refractivity contribution in [3.63, 3.8) is 0 Å². The second-order valence-electron chi connectivity index (χ2n) is 8.69. The normalized spacial score (nSPS) is 26.6. The summed E-state index contributed by atoms with van der Waals surface area (Å²) >= 11 is 0. The van der Waals surface area contributed by atoms with E-state index in [0.29, 0.717) is 11.3 Å². The smallest absolute Gasteiger partial charge is 0.273 e. The number of methoxy groups -OCH3 is 1. The fourth-order valence-corrected chi connectivity index (χ4v) is 5.51. The van der Waals surface area contributed by atoms with Gasteiger partial charge < -0.3 is 15.8 Å². The number of nitrogens with two attached hydrogens (primary N) is 1. The van der Waals surface area contributed by atoms with Crippen molar-refractivity contribution in [3.8, 4) is 5.75 Å². The van der Waals surface area contributed by atoms with Gasteiger partial charge in [0.25, 0.3) is 5.69 Å². The highest BCUT2D eigenvalue weighted by Gasteiger charge is 2.70. The molecule has 4 atom stereocenters. The van der Waals surface area contributed by atoms with Gasteiger partial charge in [0.2, 0.25) is 23.6 Å². The van der Waals surface area contributed by atoms with Gasteiger partial charge >= 0.3 is 0 Å². The first-order valence-electron chi connectivity index (χ1n) is 10.9. The number of nitro benzene ring substituents is 1. The first-order valence-corrected chi connectivity index (χ1v) is 10.9. The Kier molecular flexibility index (Phi) is 5.06. The Morgan fingerprint density at radius 3 is 2.63 bits per heavy atom. The molecule has 0 aliphatic carbocycles. The number of para-hydroxylation sites is 1. The molecule has 180 valence electrons. The van der Waals surface area contributed by atoms with Gasteiger partial charge in [-0.15, -0.1) is 0 Å². The van der Waals surface area contributed by atoms with Crippen molar-refractivity contribution in [1.82, 2.24) is 5.32 Å². The van der Waals surface area contributed by atoms with E-state index in [1.165, 1.54) is 19.2 Å². The van der Waals surface area contributed by atoms with E-state index in [-0.39, 0.29) is 30.0 Å². The van der Waals surface area contributed by atoms with Crippen molar-refractivity contribution in [3.05, 3.63) is 58.1 Å². The average Bonchev–Trinajstić information content (AvgIpc) is 3.41. The molecule has 3 aliphatic heterocycles. The van der Waals surface area contributed by atoms with Crippen molar-refractivity contribution < 1.29 is 28.8 Å². The number of benzene rings is 2. The third kappa shape index (κ3) is 3.10. The number of hydrogen-bond donors (Lipinski definition) is 3. The van der Waals surface area contributed by atoms with Crippen LogP contribution in [0.25, 0.3) is 0 Å². The van der Waals surface area contributed by atoms with Crippen LogP contribution in [0.4, 0.5) is 17.1 Å². The van der Waals surface area contributed by atoms with E-state index in [2.05, 4.69) is 10.6 Å². The number of nitro groups is 1. The van der Waals surface area contributed by atoms with Crippen LogP contribution >= 0.6 is 0 Å². The molecule has 12 heteroatoms. The molecular formula is C23H21N5O7.